The second kappa shape index (κ2) is 8.74. The third-order valence-corrected chi connectivity index (χ3v) is 4.72. The fraction of sp³-hybridized carbons (Fsp3) is 0.478. The summed E-state index contributed by atoms with van der Waals surface area (Å²) in [5, 5.41) is 3.52. The van der Waals surface area contributed by atoms with Crippen LogP contribution < -0.4 is 10.2 Å². The summed E-state index contributed by atoms with van der Waals surface area (Å²) in [6, 6.07) is 12.3. The number of carbonyl (C=O) groups is 1. The van der Waals surface area contributed by atoms with Crippen molar-refractivity contribution in [1.29, 1.82) is 0 Å². The summed E-state index contributed by atoms with van der Waals surface area (Å²) in [4.78, 5) is 20.8. The normalized spacial score (nSPS) is 12.6. The van der Waals surface area contributed by atoms with Crippen LogP contribution in [-0.2, 0) is 12.0 Å². The Morgan fingerprint density at radius 2 is 1.79 bits per heavy atom. The van der Waals surface area contributed by atoms with Crippen molar-refractivity contribution in [2.75, 3.05) is 19.0 Å². The van der Waals surface area contributed by atoms with E-state index in [0.29, 0.717) is 12.4 Å². The first kappa shape index (κ1) is 21.9. The minimum atomic E-state index is -0.211. The molecule has 0 bridgehead atoms. The third kappa shape index (κ3) is 5.32. The minimum absolute atomic E-state index is 0.0653. The SMILES string of the molecule is Cc1cc(C)nc(N(C(=O)N(C)C)C(C)NCc2ccccc2C(C)(C)C)c1. The van der Waals surface area contributed by atoms with E-state index in [1.54, 1.807) is 23.9 Å². The number of rotatable bonds is 5. The van der Waals surface area contributed by atoms with Crippen molar-refractivity contribution >= 4 is 11.8 Å². The third-order valence-electron chi connectivity index (χ3n) is 4.72. The van der Waals surface area contributed by atoms with Crippen molar-refractivity contribution < 1.29 is 4.79 Å². The van der Waals surface area contributed by atoms with Gasteiger partial charge in [0.2, 0.25) is 0 Å². The van der Waals surface area contributed by atoms with Crippen LogP contribution in [0.15, 0.2) is 36.4 Å². The van der Waals surface area contributed by atoms with E-state index in [1.165, 1.54) is 11.1 Å². The zero-order valence-electron chi connectivity index (χ0n) is 18.5. The molecule has 1 heterocycles. The summed E-state index contributed by atoms with van der Waals surface area (Å²) < 4.78 is 0. The molecule has 0 saturated carbocycles. The number of amides is 2. The molecule has 1 aromatic heterocycles. The maximum absolute atomic E-state index is 12.9. The van der Waals surface area contributed by atoms with Gasteiger partial charge in [0, 0.05) is 26.3 Å². The predicted octanol–water partition coefficient (Wildman–Crippen LogP) is 4.62. The zero-order valence-corrected chi connectivity index (χ0v) is 18.5. The molecule has 2 amide bonds. The number of carbonyl (C=O) groups excluding carboxylic acids is 1. The molecule has 1 N–H and O–H groups in total. The van der Waals surface area contributed by atoms with Gasteiger partial charge >= 0.3 is 6.03 Å². The fourth-order valence-electron chi connectivity index (χ4n) is 3.38. The maximum Gasteiger partial charge on any atom is 0.326 e. The lowest BCUT2D eigenvalue weighted by Gasteiger charge is -2.32. The van der Waals surface area contributed by atoms with E-state index in [-0.39, 0.29) is 17.6 Å². The number of pyridine rings is 1. The maximum atomic E-state index is 12.9. The highest BCUT2D eigenvalue weighted by Crippen LogP contribution is 2.26. The molecule has 0 aliphatic heterocycles. The molecule has 1 unspecified atom stereocenters. The summed E-state index contributed by atoms with van der Waals surface area (Å²) in [6.45, 7) is 13.3. The van der Waals surface area contributed by atoms with Crippen LogP contribution in [0.4, 0.5) is 10.6 Å². The smallest absolute Gasteiger partial charge is 0.326 e. The van der Waals surface area contributed by atoms with E-state index in [1.807, 2.05) is 32.9 Å². The number of urea groups is 1. The Balaban J connectivity index is 2.29. The molecule has 0 aliphatic rings. The van der Waals surface area contributed by atoms with Gasteiger partial charge in [-0.05, 0) is 55.0 Å². The van der Waals surface area contributed by atoms with Crippen molar-refractivity contribution in [3.63, 3.8) is 0 Å². The number of aromatic nitrogens is 1. The Morgan fingerprint density at radius 3 is 2.36 bits per heavy atom. The molecule has 1 atom stereocenters. The number of hydrogen-bond donors (Lipinski definition) is 1. The van der Waals surface area contributed by atoms with Crippen LogP contribution in [-0.4, -0.2) is 36.2 Å². The highest BCUT2D eigenvalue weighted by atomic mass is 16.2. The van der Waals surface area contributed by atoms with E-state index >= 15 is 0 Å². The molecule has 5 heteroatoms. The second-order valence-corrected chi connectivity index (χ2v) is 8.66. The molecular weight excluding hydrogens is 348 g/mol. The van der Waals surface area contributed by atoms with Gasteiger partial charge in [-0.25, -0.2) is 9.78 Å². The Labute approximate surface area is 169 Å². The van der Waals surface area contributed by atoms with Gasteiger partial charge in [0.15, 0.2) is 0 Å². The molecule has 0 fully saturated rings. The number of nitrogens with one attached hydrogen (secondary N) is 1. The van der Waals surface area contributed by atoms with Crippen molar-refractivity contribution in [3.05, 3.63) is 58.8 Å². The first-order valence-corrected chi connectivity index (χ1v) is 9.78. The molecule has 2 rings (SSSR count). The zero-order chi connectivity index (χ0) is 21.1. The monoisotopic (exact) mass is 382 g/mol. The minimum Gasteiger partial charge on any atom is -0.330 e. The molecule has 0 spiro atoms. The van der Waals surface area contributed by atoms with Gasteiger partial charge < -0.3 is 4.90 Å². The molecule has 0 saturated heterocycles. The largest absolute Gasteiger partial charge is 0.330 e. The van der Waals surface area contributed by atoms with Gasteiger partial charge in [-0.2, -0.15) is 0 Å². The van der Waals surface area contributed by atoms with E-state index in [2.05, 4.69) is 55.3 Å². The summed E-state index contributed by atoms with van der Waals surface area (Å²) in [5.41, 5.74) is 4.61. The van der Waals surface area contributed by atoms with Crippen LogP contribution in [0.3, 0.4) is 0 Å². The Kier molecular flexibility index (Phi) is 6.83. The van der Waals surface area contributed by atoms with Gasteiger partial charge in [0.05, 0.1) is 6.17 Å². The van der Waals surface area contributed by atoms with Crippen molar-refractivity contribution in [2.45, 2.75) is 59.7 Å². The highest BCUT2D eigenvalue weighted by molar-refractivity contribution is 5.91. The number of hydrogen-bond acceptors (Lipinski definition) is 3. The van der Waals surface area contributed by atoms with Crippen molar-refractivity contribution in [2.24, 2.45) is 0 Å². The van der Waals surface area contributed by atoms with Gasteiger partial charge in [0.25, 0.3) is 0 Å². The molecule has 28 heavy (non-hydrogen) atoms. The molecule has 5 nitrogen and oxygen atoms in total. The quantitative estimate of drug-likeness (QED) is 0.768. The number of nitrogens with zero attached hydrogens (tertiary/aromatic N) is 3. The van der Waals surface area contributed by atoms with Crippen molar-refractivity contribution in [3.8, 4) is 0 Å². The van der Waals surface area contributed by atoms with Crippen molar-refractivity contribution in [1.82, 2.24) is 15.2 Å². The van der Waals surface area contributed by atoms with Crippen LogP contribution in [0.1, 0.15) is 50.1 Å². The molecule has 0 aliphatic carbocycles. The first-order chi connectivity index (χ1) is 13.0. The summed E-state index contributed by atoms with van der Waals surface area (Å²) in [5.74, 6) is 0.667. The van der Waals surface area contributed by atoms with Gasteiger partial charge in [-0.15, -0.1) is 0 Å². The molecular formula is C23H34N4O. The summed E-state index contributed by atoms with van der Waals surface area (Å²) >= 11 is 0. The van der Waals surface area contributed by atoms with E-state index in [9.17, 15) is 4.79 Å². The van der Waals surface area contributed by atoms with Gasteiger partial charge in [0.1, 0.15) is 5.82 Å². The standard InChI is InChI=1S/C23H34N4O/c1-16-13-17(2)25-21(14-16)27(22(28)26(7)8)18(3)24-15-19-11-9-10-12-20(19)23(4,5)6/h9-14,18,24H,15H2,1-8H3. The average molecular weight is 383 g/mol. The Hall–Kier alpha value is -2.40. The van der Waals surface area contributed by atoms with Crippen LogP contribution >= 0.6 is 0 Å². The first-order valence-electron chi connectivity index (χ1n) is 9.78. The van der Waals surface area contributed by atoms with E-state index in [4.69, 9.17) is 0 Å². The summed E-state index contributed by atoms with van der Waals surface area (Å²) in [6.07, 6.45) is -0.211. The van der Waals surface area contributed by atoms with Gasteiger partial charge in [-0.3, -0.25) is 10.2 Å². The molecule has 2 aromatic rings. The van der Waals surface area contributed by atoms with Crippen LogP contribution in [0.5, 0.6) is 0 Å². The average Bonchev–Trinajstić information content (AvgIpc) is 2.58. The van der Waals surface area contributed by atoms with Crippen LogP contribution in [0, 0.1) is 13.8 Å². The molecule has 0 radical (unpaired) electrons. The number of anilines is 1. The predicted molar refractivity (Wildman–Crippen MR) is 117 cm³/mol. The topological polar surface area (TPSA) is 48.5 Å². The van der Waals surface area contributed by atoms with E-state index in [0.717, 1.165) is 11.3 Å². The Morgan fingerprint density at radius 1 is 1.14 bits per heavy atom. The second-order valence-electron chi connectivity index (χ2n) is 8.66. The molecule has 152 valence electrons. The lowest BCUT2D eigenvalue weighted by Crippen LogP contribution is -2.51. The highest BCUT2D eigenvalue weighted by Gasteiger charge is 2.25. The summed E-state index contributed by atoms with van der Waals surface area (Å²) in [7, 11) is 3.53. The lowest BCUT2D eigenvalue weighted by molar-refractivity contribution is 0.220. The van der Waals surface area contributed by atoms with E-state index < -0.39 is 0 Å². The Bertz CT molecular complexity index is 803. The lowest BCUT2D eigenvalue weighted by atomic mass is 9.84. The van der Waals surface area contributed by atoms with Crippen LogP contribution in [0.2, 0.25) is 0 Å². The van der Waals surface area contributed by atoms with Gasteiger partial charge in [-0.1, -0.05) is 45.0 Å². The van der Waals surface area contributed by atoms with Crippen LogP contribution in [0.25, 0.3) is 0 Å². The number of aryl methyl sites for hydroxylation is 2. The molecule has 1 aromatic carbocycles. The fourth-order valence-corrected chi connectivity index (χ4v) is 3.38. The number of benzene rings is 1.